The first kappa shape index (κ1) is 14.1. The summed E-state index contributed by atoms with van der Waals surface area (Å²) < 4.78 is 46.4. The molecule has 1 aliphatic heterocycles. The Hall–Kier alpha value is -2.83. The van der Waals surface area contributed by atoms with Gasteiger partial charge in [0.2, 0.25) is 0 Å². The van der Waals surface area contributed by atoms with Crippen LogP contribution in [0, 0.1) is 17.5 Å². The summed E-state index contributed by atoms with van der Waals surface area (Å²) in [5.41, 5.74) is 2.13. The summed E-state index contributed by atoms with van der Waals surface area (Å²) in [6, 6.07) is 7.11. The van der Waals surface area contributed by atoms with E-state index in [0.717, 1.165) is 18.2 Å². The van der Waals surface area contributed by atoms with Crippen molar-refractivity contribution in [2.24, 2.45) is 5.10 Å². The van der Waals surface area contributed by atoms with E-state index in [-0.39, 0.29) is 12.2 Å². The predicted molar refractivity (Wildman–Crippen MR) is 72.8 cm³/mol. The van der Waals surface area contributed by atoms with Crippen molar-refractivity contribution < 1.29 is 22.7 Å². The summed E-state index contributed by atoms with van der Waals surface area (Å²) >= 11 is 0. The van der Waals surface area contributed by atoms with E-state index in [1.165, 1.54) is 18.2 Å². The first-order chi connectivity index (χ1) is 10.6. The maximum Gasteiger partial charge on any atom is 0.428 e. The summed E-state index contributed by atoms with van der Waals surface area (Å²) in [6.07, 6.45) is -0.700. The van der Waals surface area contributed by atoms with Crippen LogP contribution < -0.4 is 5.43 Å². The Labute approximate surface area is 123 Å². The Morgan fingerprint density at radius 1 is 1.05 bits per heavy atom. The molecule has 4 nitrogen and oxygen atoms in total. The fourth-order valence-corrected chi connectivity index (χ4v) is 2.11. The molecule has 2 aromatic carbocycles. The smallest absolute Gasteiger partial charge is 0.428 e. The molecule has 1 heterocycles. The molecule has 2 aromatic rings. The van der Waals surface area contributed by atoms with Crippen molar-refractivity contribution in [3.8, 4) is 11.1 Å². The summed E-state index contributed by atoms with van der Waals surface area (Å²) in [5, 5.41) is 3.74. The number of carbonyl (C=O) groups excluding carboxylic acids is 1. The van der Waals surface area contributed by atoms with E-state index in [1.54, 1.807) is 0 Å². The van der Waals surface area contributed by atoms with Crippen molar-refractivity contribution in [3.63, 3.8) is 0 Å². The SMILES string of the molecule is O=C1NN=C(c2ccc(-c3c(F)cccc3F)c(F)c2)CO1. The van der Waals surface area contributed by atoms with Crippen molar-refractivity contribution in [1.82, 2.24) is 5.43 Å². The zero-order valence-electron chi connectivity index (χ0n) is 11.1. The van der Waals surface area contributed by atoms with Gasteiger partial charge in [-0.15, -0.1) is 0 Å². The Morgan fingerprint density at radius 2 is 1.77 bits per heavy atom. The van der Waals surface area contributed by atoms with Crippen LogP contribution in [0.4, 0.5) is 18.0 Å². The molecular formula is C15H9F3N2O2. The van der Waals surface area contributed by atoms with Crippen LogP contribution in [0.15, 0.2) is 41.5 Å². The van der Waals surface area contributed by atoms with Crippen LogP contribution in [0.5, 0.6) is 0 Å². The van der Waals surface area contributed by atoms with Crippen LogP contribution in [0.2, 0.25) is 0 Å². The normalized spacial score (nSPS) is 14.1. The topological polar surface area (TPSA) is 50.7 Å². The fourth-order valence-electron chi connectivity index (χ4n) is 2.11. The van der Waals surface area contributed by atoms with Gasteiger partial charge in [-0.1, -0.05) is 18.2 Å². The van der Waals surface area contributed by atoms with E-state index in [4.69, 9.17) is 4.74 Å². The number of hydrogen-bond donors (Lipinski definition) is 1. The van der Waals surface area contributed by atoms with Gasteiger partial charge in [0.15, 0.2) is 0 Å². The van der Waals surface area contributed by atoms with Gasteiger partial charge in [0, 0.05) is 11.1 Å². The first-order valence-corrected chi connectivity index (χ1v) is 6.30. The molecule has 1 N–H and O–H groups in total. The lowest BCUT2D eigenvalue weighted by Crippen LogP contribution is -2.30. The highest BCUT2D eigenvalue weighted by Gasteiger charge is 2.18. The van der Waals surface area contributed by atoms with E-state index in [9.17, 15) is 18.0 Å². The number of benzene rings is 2. The maximum atomic E-state index is 14.2. The Bertz CT molecular complexity index is 770. The average Bonchev–Trinajstić information content (AvgIpc) is 2.49. The number of hydrogen-bond acceptors (Lipinski definition) is 3. The minimum Gasteiger partial charge on any atom is -0.442 e. The second-order valence-corrected chi connectivity index (χ2v) is 4.54. The summed E-state index contributed by atoms with van der Waals surface area (Å²) in [6.45, 7) is -0.112. The van der Waals surface area contributed by atoms with Crippen LogP contribution in [0.3, 0.4) is 0 Å². The van der Waals surface area contributed by atoms with Gasteiger partial charge in [-0.2, -0.15) is 5.10 Å². The standard InChI is InChI=1S/C15H9F3N2O2/c16-10-2-1-3-11(17)14(10)9-5-4-8(6-12(9)18)13-7-22-15(21)20-19-13/h1-6H,7H2,(H,20,21). The average molecular weight is 306 g/mol. The number of amides is 1. The molecule has 1 amide bonds. The summed E-state index contributed by atoms with van der Waals surface area (Å²) in [7, 11) is 0. The number of nitrogens with one attached hydrogen (secondary N) is 1. The number of nitrogens with zero attached hydrogens (tertiary/aromatic N) is 1. The molecule has 7 heteroatoms. The molecule has 1 aliphatic rings. The van der Waals surface area contributed by atoms with Crippen molar-refractivity contribution in [2.75, 3.05) is 6.61 Å². The molecule has 3 rings (SSSR count). The quantitative estimate of drug-likeness (QED) is 0.926. The zero-order chi connectivity index (χ0) is 15.7. The lowest BCUT2D eigenvalue weighted by Gasteiger charge is -2.14. The number of halogens is 3. The molecule has 0 fully saturated rings. The van der Waals surface area contributed by atoms with Gasteiger partial charge < -0.3 is 4.74 Å². The summed E-state index contributed by atoms with van der Waals surface area (Å²) in [5.74, 6) is -2.50. The first-order valence-electron chi connectivity index (χ1n) is 6.30. The lowest BCUT2D eigenvalue weighted by atomic mass is 10.0. The third kappa shape index (κ3) is 2.52. The van der Waals surface area contributed by atoms with Crippen LogP contribution in [-0.2, 0) is 4.74 Å². The second kappa shape index (κ2) is 5.51. The third-order valence-corrected chi connectivity index (χ3v) is 3.16. The summed E-state index contributed by atoms with van der Waals surface area (Å²) in [4.78, 5) is 10.8. The largest absolute Gasteiger partial charge is 0.442 e. The van der Waals surface area contributed by atoms with E-state index < -0.39 is 29.1 Å². The zero-order valence-corrected chi connectivity index (χ0v) is 11.1. The van der Waals surface area contributed by atoms with Gasteiger partial charge in [0.25, 0.3) is 0 Å². The Balaban J connectivity index is 2.02. The van der Waals surface area contributed by atoms with E-state index in [2.05, 4.69) is 10.5 Å². The molecule has 0 spiro atoms. The fraction of sp³-hybridized carbons (Fsp3) is 0.0667. The van der Waals surface area contributed by atoms with Crippen molar-refractivity contribution in [1.29, 1.82) is 0 Å². The van der Waals surface area contributed by atoms with Crippen molar-refractivity contribution in [3.05, 3.63) is 59.4 Å². The van der Waals surface area contributed by atoms with Gasteiger partial charge in [0.05, 0.1) is 5.56 Å². The number of cyclic esters (lactones) is 1. The molecule has 0 unspecified atom stereocenters. The molecular weight excluding hydrogens is 297 g/mol. The highest BCUT2D eigenvalue weighted by Crippen LogP contribution is 2.29. The van der Waals surface area contributed by atoms with Crippen LogP contribution in [-0.4, -0.2) is 18.4 Å². The second-order valence-electron chi connectivity index (χ2n) is 4.54. The minimum atomic E-state index is -0.850. The third-order valence-electron chi connectivity index (χ3n) is 3.16. The molecule has 0 atom stereocenters. The van der Waals surface area contributed by atoms with Crippen molar-refractivity contribution >= 4 is 11.8 Å². The molecule has 0 aromatic heterocycles. The van der Waals surface area contributed by atoms with Gasteiger partial charge >= 0.3 is 6.09 Å². The van der Waals surface area contributed by atoms with E-state index in [1.807, 2.05) is 0 Å². The van der Waals surface area contributed by atoms with Crippen LogP contribution >= 0.6 is 0 Å². The maximum absolute atomic E-state index is 14.2. The predicted octanol–water partition coefficient (Wildman–Crippen LogP) is 3.21. The van der Waals surface area contributed by atoms with Gasteiger partial charge in [0.1, 0.15) is 29.8 Å². The van der Waals surface area contributed by atoms with E-state index >= 15 is 0 Å². The minimum absolute atomic E-state index is 0.112. The van der Waals surface area contributed by atoms with Crippen LogP contribution in [0.25, 0.3) is 11.1 Å². The number of carbonyl (C=O) groups is 1. The molecule has 112 valence electrons. The molecule has 0 aliphatic carbocycles. The molecule has 0 radical (unpaired) electrons. The lowest BCUT2D eigenvalue weighted by molar-refractivity contribution is 0.157. The molecule has 0 saturated heterocycles. The molecule has 0 bridgehead atoms. The van der Waals surface area contributed by atoms with Crippen LogP contribution in [0.1, 0.15) is 5.56 Å². The van der Waals surface area contributed by atoms with Gasteiger partial charge in [-0.25, -0.2) is 23.4 Å². The van der Waals surface area contributed by atoms with Gasteiger partial charge in [-0.3, -0.25) is 0 Å². The Morgan fingerprint density at radius 3 is 2.36 bits per heavy atom. The highest BCUT2D eigenvalue weighted by molar-refractivity contribution is 6.03. The number of hydrazone groups is 1. The number of rotatable bonds is 2. The molecule has 22 heavy (non-hydrogen) atoms. The Kier molecular flexibility index (Phi) is 3.54. The van der Waals surface area contributed by atoms with Gasteiger partial charge in [-0.05, 0) is 18.2 Å². The van der Waals surface area contributed by atoms with Crippen molar-refractivity contribution in [2.45, 2.75) is 0 Å². The molecule has 0 saturated carbocycles. The monoisotopic (exact) mass is 306 g/mol. The highest BCUT2D eigenvalue weighted by atomic mass is 19.1. The number of ether oxygens (including phenoxy) is 1. The van der Waals surface area contributed by atoms with E-state index in [0.29, 0.717) is 11.3 Å².